The Kier molecular flexibility index (Phi) is 4.14. The summed E-state index contributed by atoms with van der Waals surface area (Å²) in [4.78, 5) is 22.2. The minimum Gasteiger partial charge on any atom is -0.464 e. The molecule has 0 spiro atoms. The normalized spacial score (nSPS) is 10.2. The molecule has 0 bridgehead atoms. The Balaban J connectivity index is 2.07. The van der Waals surface area contributed by atoms with E-state index in [1.165, 1.54) is 18.2 Å². The summed E-state index contributed by atoms with van der Waals surface area (Å²) in [6, 6.07) is 9.45. The zero-order valence-corrected chi connectivity index (χ0v) is 11.0. The van der Waals surface area contributed by atoms with Gasteiger partial charge in [0.15, 0.2) is 0 Å². The van der Waals surface area contributed by atoms with Crippen molar-refractivity contribution in [3.05, 3.63) is 63.6 Å². The number of nitro benzene ring substituents is 1. The zero-order valence-electron chi connectivity index (χ0n) is 11.0. The van der Waals surface area contributed by atoms with Gasteiger partial charge in [-0.2, -0.15) is 0 Å². The van der Waals surface area contributed by atoms with Gasteiger partial charge in [-0.25, -0.2) is 0 Å². The fourth-order valence-electron chi connectivity index (χ4n) is 1.79. The number of hydrogen-bond donors (Lipinski definition) is 1. The number of hydrogen-bond acceptors (Lipinski definition) is 4. The summed E-state index contributed by atoms with van der Waals surface area (Å²) in [5.41, 5.74) is -0.168. The zero-order chi connectivity index (χ0) is 14.5. The van der Waals surface area contributed by atoms with Crippen molar-refractivity contribution < 1.29 is 14.1 Å². The molecule has 0 aliphatic heterocycles. The van der Waals surface area contributed by atoms with Crippen LogP contribution in [0.1, 0.15) is 28.8 Å². The van der Waals surface area contributed by atoms with Crippen molar-refractivity contribution in [1.82, 2.24) is 5.32 Å². The minimum atomic E-state index is -0.572. The van der Waals surface area contributed by atoms with Crippen molar-refractivity contribution in [3.8, 4) is 0 Å². The molecule has 1 aromatic carbocycles. The molecule has 0 radical (unpaired) electrons. The van der Waals surface area contributed by atoms with E-state index in [1.54, 1.807) is 12.1 Å². The molecule has 0 aliphatic carbocycles. The smallest absolute Gasteiger partial charge is 0.282 e. The highest BCUT2D eigenvalue weighted by Crippen LogP contribution is 2.17. The predicted octanol–water partition coefficient (Wildman–Crippen LogP) is 2.68. The van der Waals surface area contributed by atoms with Gasteiger partial charge in [-0.05, 0) is 18.2 Å². The Bertz CT molecular complexity index is 634. The van der Waals surface area contributed by atoms with Gasteiger partial charge >= 0.3 is 0 Å². The molecule has 0 aliphatic rings. The molecule has 1 N–H and O–H groups in total. The van der Waals surface area contributed by atoms with Crippen LogP contribution in [0.4, 0.5) is 5.69 Å². The van der Waals surface area contributed by atoms with Gasteiger partial charge in [0.25, 0.3) is 11.6 Å². The predicted molar refractivity (Wildman–Crippen MR) is 72.4 cm³/mol. The fraction of sp³-hybridized carbons (Fsp3) is 0.214. The second kappa shape index (κ2) is 6.01. The Morgan fingerprint density at radius 2 is 1.95 bits per heavy atom. The molecule has 1 aromatic heterocycles. The maximum Gasteiger partial charge on any atom is 0.282 e. The van der Waals surface area contributed by atoms with E-state index in [9.17, 15) is 14.9 Å². The number of aryl methyl sites for hydroxylation is 1. The van der Waals surface area contributed by atoms with Crippen LogP contribution in [0, 0.1) is 10.1 Å². The summed E-state index contributed by atoms with van der Waals surface area (Å²) < 4.78 is 5.45. The van der Waals surface area contributed by atoms with Gasteiger partial charge < -0.3 is 9.73 Å². The third-order valence-corrected chi connectivity index (χ3v) is 2.83. The Labute approximate surface area is 115 Å². The first kappa shape index (κ1) is 13.8. The number of carbonyl (C=O) groups is 1. The number of furan rings is 1. The van der Waals surface area contributed by atoms with E-state index >= 15 is 0 Å². The first-order chi connectivity index (χ1) is 9.61. The summed E-state index contributed by atoms with van der Waals surface area (Å²) in [6.07, 6.45) is 0.776. The number of para-hydroxylation sites is 1. The maximum absolute atomic E-state index is 12.0. The van der Waals surface area contributed by atoms with Gasteiger partial charge in [0.2, 0.25) is 0 Å². The number of carbonyl (C=O) groups excluding carboxylic acids is 1. The van der Waals surface area contributed by atoms with Crippen LogP contribution in [0.3, 0.4) is 0 Å². The second-order valence-corrected chi connectivity index (χ2v) is 4.18. The van der Waals surface area contributed by atoms with Crippen LogP contribution < -0.4 is 5.32 Å². The van der Waals surface area contributed by atoms with Crippen LogP contribution in [-0.4, -0.2) is 10.8 Å². The SMILES string of the molecule is CCc1ccc(CNC(=O)c2ccccc2[N+](=O)[O-])o1. The summed E-state index contributed by atoms with van der Waals surface area (Å²) in [6.45, 7) is 2.17. The van der Waals surface area contributed by atoms with Gasteiger partial charge in [0, 0.05) is 12.5 Å². The molecule has 1 amide bonds. The first-order valence-corrected chi connectivity index (χ1v) is 6.21. The molecule has 2 rings (SSSR count). The van der Waals surface area contributed by atoms with Crippen LogP contribution in [0.15, 0.2) is 40.8 Å². The molecule has 0 fully saturated rings. The molecule has 1 heterocycles. The number of rotatable bonds is 5. The summed E-state index contributed by atoms with van der Waals surface area (Å²) >= 11 is 0. The average Bonchev–Trinajstić information content (AvgIpc) is 2.92. The van der Waals surface area contributed by atoms with E-state index in [0.717, 1.165) is 12.2 Å². The third kappa shape index (κ3) is 3.03. The van der Waals surface area contributed by atoms with Gasteiger partial charge in [0.1, 0.15) is 17.1 Å². The highest BCUT2D eigenvalue weighted by atomic mass is 16.6. The lowest BCUT2D eigenvalue weighted by atomic mass is 10.1. The summed E-state index contributed by atoms with van der Waals surface area (Å²) in [5.74, 6) is 0.959. The number of nitrogens with zero attached hydrogens (tertiary/aromatic N) is 1. The minimum absolute atomic E-state index is 0.0415. The lowest BCUT2D eigenvalue weighted by Crippen LogP contribution is -2.23. The first-order valence-electron chi connectivity index (χ1n) is 6.21. The van der Waals surface area contributed by atoms with Crippen molar-refractivity contribution >= 4 is 11.6 Å². The standard InChI is InChI=1S/C14H14N2O4/c1-2-10-7-8-11(20-10)9-15-14(17)12-5-3-4-6-13(12)16(18)19/h3-8H,2,9H2,1H3,(H,15,17). The van der Waals surface area contributed by atoms with E-state index in [2.05, 4.69) is 5.32 Å². The largest absolute Gasteiger partial charge is 0.464 e. The number of benzene rings is 1. The van der Waals surface area contributed by atoms with Gasteiger partial charge in [-0.15, -0.1) is 0 Å². The van der Waals surface area contributed by atoms with Crippen LogP contribution >= 0.6 is 0 Å². The highest BCUT2D eigenvalue weighted by Gasteiger charge is 2.18. The molecule has 0 atom stereocenters. The van der Waals surface area contributed by atoms with Crippen LogP contribution in [0.2, 0.25) is 0 Å². The Morgan fingerprint density at radius 1 is 1.25 bits per heavy atom. The lowest BCUT2D eigenvalue weighted by molar-refractivity contribution is -0.385. The number of amides is 1. The molecular formula is C14H14N2O4. The topological polar surface area (TPSA) is 85.4 Å². The molecule has 20 heavy (non-hydrogen) atoms. The van der Waals surface area contributed by atoms with Crippen LogP contribution in [-0.2, 0) is 13.0 Å². The Morgan fingerprint density at radius 3 is 2.60 bits per heavy atom. The van der Waals surface area contributed by atoms with Gasteiger partial charge in [-0.3, -0.25) is 14.9 Å². The molecule has 0 saturated heterocycles. The summed E-state index contributed by atoms with van der Waals surface area (Å²) in [5, 5.41) is 13.5. The van der Waals surface area contributed by atoms with Crippen molar-refractivity contribution in [2.24, 2.45) is 0 Å². The molecule has 6 heteroatoms. The van der Waals surface area contributed by atoms with Crippen molar-refractivity contribution in [3.63, 3.8) is 0 Å². The van der Waals surface area contributed by atoms with Gasteiger partial charge in [-0.1, -0.05) is 19.1 Å². The molecule has 0 saturated carbocycles. The van der Waals surface area contributed by atoms with Crippen molar-refractivity contribution in [1.29, 1.82) is 0 Å². The lowest BCUT2D eigenvalue weighted by Gasteiger charge is -2.04. The molecule has 2 aromatic rings. The molecule has 104 valence electrons. The van der Waals surface area contributed by atoms with E-state index in [1.807, 2.05) is 13.0 Å². The number of nitro groups is 1. The molecular weight excluding hydrogens is 260 g/mol. The number of nitrogens with one attached hydrogen (secondary N) is 1. The monoisotopic (exact) mass is 274 g/mol. The van der Waals surface area contributed by atoms with Crippen LogP contribution in [0.5, 0.6) is 0 Å². The van der Waals surface area contributed by atoms with Crippen molar-refractivity contribution in [2.45, 2.75) is 19.9 Å². The highest BCUT2D eigenvalue weighted by molar-refractivity contribution is 5.98. The molecule has 0 unspecified atom stereocenters. The fourth-order valence-corrected chi connectivity index (χ4v) is 1.79. The third-order valence-electron chi connectivity index (χ3n) is 2.83. The van der Waals surface area contributed by atoms with E-state index in [4.69, 9.17) is 4.42 Å². The van der Waals surface area contributed by atoms with Gasteiger partial charge in [0.05, 0.1) is 11.5 Å². The summed E-state index contributed by atoms with van der Waals surface area (Å²) in [7, 11) is 0. The van der Waals surface area contributed by atoms with E-state index in [0.29, 0.717) is 5.76 Å². The maximum atomic E-state index is 12.0. The quantitative estimate of drug-likeness (QED) is 0.671. The van der Waals surface area contributed by atoms with Crippen LogP contribution in [0.25, 0.3) is 0 Å². The molecule has 6 nitrogen and oxygen atoms in total. The van der Waals surface area contributed by atoms with Crippen molar-refractivity contribution in [2.75, 3.05) is 0 Å². The van der Waals surface area contributed by atoms with E-state index < -0.39 is 10.8 Å². The second-order valence-electron chi connectivity index (χ2n) is 4.18. The Hall–Kier alpha value is -2.63. The average molecular weight is 274 g/mol. The van der Waals surface area contributed by atoms with E-state index in [-0.39, 0.29) is 17.8 Å².